The lowest BCUT2D eigenvalue weighted by Gasteiger charge is -2.10. The lowest BCUT2D eigenvalue weighted by Crippen LogP contribution is -2.26. The molecule has 5 rings (SSSR count). The Kier molecular flexibility index (Phi) is 7.07. The molecule has 0 spiro atoms. The number of hydrogen-bond acceptors (Lipinski definition) is 6. The largest absolute Gasteiger partial charge is 0.334 e. The zero-order valence-corrected chi connectivity index (χ0v) is 21.4. The molecule has 1 aromatic carbocycles. The average molecular weight is 498 g/mol. The van der Waals surface area contributed by atoms with Gasteiger partial charge >= 0.3 is 5.69 Å². The summed E-state index contributed by atoms with van der Waals surface area (Å²) in [5, 5.41) is 18.8. The van der Waals surface area contributed by atoms with Crippen LogP contribution in [-0.2, 0) is 19.5 Å². The standard InChI is InChI=1S/C27H31N9O/c1-4-5-9-24-18-35(25-11-13-29-36(25)16-19(2)3)27(37)34(24)17-23-15-21(10-12-28-23)20-7-6-8-22(14-20)26-30-32-33-31-26/h6-8,10-15,18-19H,4-5,9,16-17H2,1-3H3,(H,30,31,32,33). The van der Waals surface area contributed by atoms with Crippen molar-refractivity contribution in [2.75, 3.05) is 0 Å². The van der Waals surface area contributed by atoms with Crippen molar-refractivity contribution < 1.29 is 0 Å². The molecule has 0 aliphatic carbocycles. The Hall–Kier alpha value is -4.34. The summed E-state index contributed by atoms with van der Waals surface area (Å²) in [6, 6.07) is 13.9. The second-order valence-electron chi connectivity index (χ2n) is 9.58. The van der Waals surface area contributed by atoms with Gasteiger partial charge in [0, 0.05) is 36.3 Å². The van der Waals surface area contributed by atoms with Gasteiger partial charge in [0.1, 0.15) is 5.82 Å². The van der Waals surface area contributed by atoms with Gasteiger partial charge in [-0.15, -0.1) is 10.2 Å². The van der Waals surface area contributed by atoms with E-state index in [1.807, 2.05) is 57.9 Å². The Bertz CT molecular complexity index is 1530. The van der Waals surface area contributed by atoms with E-state index in [9.17, 15) is 4.79 Å². The average Bonchev–Trinajstić information content (AvgIpc) is 3.65. The number of pyridine rings is 1. The highest BCUT2D eigenvalue weighted by Gasteiger charge is 2.17. The van der Waals surface area contributed by atoms with Gasteiger partial charge in [-0.1, -0.05) is 45.4 Å². The molecule has 0 unspecified atom stereocenters. The molecular formula is C27H31N9O. The number of aryl methyl sites for hydroxylation is 1. The Morgan fingerprint density at radius 1 is 1.03 bits per heavy atom. The van der Waals surface area contributed by atoms with Crippen molar-refractivity contribution >= 4 is 0 Å². The van der Waals surface area contributed by atoms with E-state index in [0.717, 1.165) is 59.7 Å². The lowest BCUT2D eigenvalue weighted by molar-refractivity contribution is 0.475. The molecule has 0 saturated heterocycles. The molecule has 190 valence electrons. The second-order valence-corrected chi connectivity index (χ2v) is 9.58. The van der Waals surface area contributed by atoms with Crippen LogP contribution in [0.2, 0.25) is 0 Å². The van der Waals surface area contributed by atoms with Crippen LogP contribution in [0.5, 0.6) is 0 Å². The lowest BCUT2D eigenvalue weighted by atomic mass is 10.0. The quantitative estimate of drug-likeness (QED) is 0.311. The molecule has 4 heterocycles. The third-order valence-electron chi connectivity index (χ3n) is 6.26. The van der Waals surface area contributed by atoms with E-state index in [1.54, 1.807) is 17.0 Å². The van der Waals surface area contributed by atoms with Gasteiger partial charge in [-0.3, -0.25) is 14.1 Å². The van der Waals surface area contributed by atoms with Gasteiger partial charge < -0.3 is 0 Å². The summed E-state index contributed by atoms with van der Waals surface area (Å²) in [5.41, 5.74) is 4.62. The van der Waals surface area contributed by atoms with Crippen LogP contribution in [0.25, 0.3) is 28.3 Å². The van der Waals surface area contributed by atoms with Crippen LogP contribution in [0.3, 0.4) is 0 Å². The van der Waals surface area contributed by atoms with E-state index in [-0.39, 0.29) is 5.69 Å². The molecule has 0 amide bonds. The van der Waals surface area contributed by atoms with Gasteiger partial charge in [-0.25, -0.2) is 9.48 Å². The highest BCUT2D eigenvalue weighted by Crippen LogP contribution is 2.24. The molecule has 37 heavy (non-hydrogen) atoms. The minimum atomic E-state index is -0.0806. The number of benzene rings is 1. The van der Waals surface area contributed by atoms with Crippen molar-refractivity contribution in [3.8, 4) is 28.3 Å². The number of nitrogens with one attached hydrogen (secondary N) is 1. The molecule has 10 nitrogen and oxygen atoms in total. The van der Waals surface area contributed by atoms with Crippen LogP contribution >= 0.6 is 0 Å². The molecule has 4 aromatic heterocycles. The van der Waals surface area contributed by atoms with Crippen molar-refractivity contribution in [1.29, 1.82) is 0 Å². The van der Waals surface area contributed by atoms with Crippen LogP contribution in [0, 0.1) is 5.92 Å². The third-order valence-corrected chi connectivity index (χ3v) is 6.26. The number of tetrazole rings is 1. The first-order valence-electron chi connectivity index (χ1n) is 12.7. The predicted molar refractivity (Wildman–Crippen MR) is 141 cm³/mol. The Labute approximate surface area is 215 Å². The van der Waals surface area contributed by atoms with Crippen LogP contribution in [-0.4, -0.2) is 44.5 Å². The number of hydrogen-bond donors (Lipinski definition) is 1. The number of H-pyrrole nitrogens is 1. The fraction of sp³-hybridized carbons (Fsp3) is 0.333. The number of rotatable bonds is 10. The number of aromatic nitrogens is 9. The summed E-state index contributed by atoms with van der Waals surface area (Å²) < 4.78 is 5.46. The van der Waals surface area contributed by atoms with Crippen molar-refractivity contribution in [3.05, 3.63) is 82.9 Å². The third kappa shape index (κ3) is 5.28. The molecule has 0 aliphatic heterocycles. The molecule has 0 atom stereocenters. The first-order valence-corrected chi connectivity index (χ1v) is 12.7. The van der Waals surface area contributed by atoms with Crippen molar-refractivity contribution in [2.45, 2.75) is 53.1 Å². The Morgan fingerprint density at radius 3 is 2.65 bits per heavy atom. The molecule has 5 aromatic rings. The maximum atomic E-state index is 13.7. The first-order chi connectivity index (χ1) is 18.0. The topological polar surface area (TPSA) is 112 Å². The van der Waals surface area contributed by atoms with E-state index >= 15 is 0 Å². The van der Waals surface area contributed by atoms with Gasteiger partial charge in [0.15, 0.2) is 0 Å². The molecule has 0 aliphatic rings. The van der Waals surface area contributed by atoms with E-state index in [4.69, 9.17) is 0 Å². The SMILES string of the molecule is CCCCc1cn(-c2ccnn2CC(C)C)c(=O)n1Cc1cc(-c2cccc(-c3nn[nH]n3)c2)ccn1. The van der Waals surface area contributed by atoms with E-state index < -0.39 is 0 Å². The summed E-state index contributed by atoms with van der Waals surface area (Å²) in [6.45, 7) is 7.58. The van der Waals surface area contributed by atoms with E-state index in [0.29, 0.717) is 18.3 Å². The summed E-state index contributed by atoms with van der Waals surface area (Å²) in [7, 11) is 0. The zero-order chi connectivity index (χ0) is 25.8. The maximum Gasteiger partial charge on any atom is 0.334 e. The minimum absolute atomic E-state index is 0.0806. The summed E-state index contributed by atoms with van der Waals surface area (Å²) in [4.78, 5) is 18.3. The summed E-state index contributed by atoms with van der Waals surface area (Å²) >= 11 is 0. The fourth-order valence-electron chi connectivity index (χ4n) is 4.46. The number of unbranched alkanes of at least 4 members (excludes halogenated alkanes) is 1. The summed E-state index contributed by atoms with van der Waals surface area (Å²) in [6.07, 6.45) is 8.38. The molecule has 10 heteroatoms. The Morgan fingerprint density at radius 2 is 1.86 bits per heavy atom. The van der Waals surface area contributed by atoms with Gasteiger partial charge in [-0.2, -0.15) is 10.3 Å². The highest BCUT2D eigenvalue weighted by molar-refractivity contribution is 5.70. The normalized spacial score (nSPS) is 11.5. The van der Waals surface area contributed by atoms with Gasteiger partial charge in [0.05, 0.1) is 18.4 Å². The second kappa shape index (κ2) is 10.7. The number of aromatic amines is 1. The number of nitrogens with zero attached hydrogens (tertiary/aromatic N) is 8. The molecule has 0 radical (unpaired) electrons. The van der Waals surface area contributed by atoms with Crippen molar-refractivity contribution in [1.82, 2.24) is 44.5 Å². The Balaban J connectivity index is 1.49. The number of imidazole rings is 1. The van der Waals surface area contributed by atoms with Crippen LogP contribution in [0.4, 0.5) is 0 Å². The maximum absolute atomic E-state index is 13.7. The molecular weight excluding hydrogens is 466 g/mol. The highest BCUT2D eigenvalue weighted by atomic mass is 16.1. The van der Waals surface area contributed by atoms with Crippen LogP contribution in [0.1, 0.15) is 45.0 Å². The van der Waals surface area contributed by atoms with Crippen molar-refractivity contribution in [3.63, 3.8) is 0 Å². The monoisotopic (exact) mass is 497 g/mol. The van der Waals surface area contributed by atoms with Gasteiger partial charge in [-0.05, 0) is 53.3 Å². The molecule has 0 bridgehead atoms. The van der Waals surface area contributed by atoms with Gasteiger partial charge in [0.25, 0.3) is 0 Å². The fourth-order valence-corrected chi connectivity index (χ4v) is 4.46. The zero-order valence-electron chi connectivity index (χ0n) is 21.4. The molecule has 0 fully saturated rings. The van der Waals surface area contributed by atoms with Crippen LogP contribution < -0.4 is 5.69 Å². The summed E-state index contributed by atoms with van der Waals surface area (Å²) in [5.74, 6) is 1.75. The smallest absolute Gasteiger partial charge is 0.290 e. The molecule has 0 saturated carbocycles. The molecule has 1 N–H and O–H groups in total. The van der Waals surface area contributed by atoms with Crippen molar-refractivity contribution in [2.24, 2.45) is 5.92 Å². The van der Waals surface area contributed by atoms with E-state index in [2.05, 4.69) is 51.5 Å². The van der Waals surface area contributed by atoms with E-state index in [1.165, 1.54) is 0 Å². The first kappa shape index (κ1) is 24.4. The predicted octanol–water partition coefficient (Wildman–Crippen LogP) is 4.12. The van der Waals surface area contributed by atoms with Gasteiger partial charge in [0.2, 0.25) is 5.82 Å². The minimum Gasteiger partial charge on any atom is -0.290 e. The van der Waals surface area contributed by atoms with Crippen LogP contribution in [0.15, 0.2) is 65.8 Å².